The number of rotatable bonds is 5. The second-order valence-corrected chi connectivity index (χ2v) is 6.24. The zero-order valence-electron chi connectivity index (χ0n) is 12.6. The summed E-state index contributed by atoms with van der Waals surface area (Å²) >= 11 is 1.54. The lowest BCUT2D eigenvalue weighted by molar-refractivity contribution is -0.120. The quantitative estimate of drug-likeness (QED) is 0.782. The number of benzene rings is 1. The number of aryl methyl sites for hydroxylation is 1. The zero-order valence-corrected chi connectivity index (χ0v) is 13.4. The van der Waals surface area contributed by atoms with Crippen molar-refractivity contribution in [1.82, 2.24) is 14.9 Å². The van der Waals surface area contributed by atoms with Gasteiger partial charge in [-0.2, -0.15) is 0 Å². The van der Waals surface area contributed by atoms with Gasteiger partial charge in [-0.15, -0.1) is 11.3 Å². The Kier molecular flexibility index (Phi) is 4.52. The summed E-state index contributed by atoms with van der Waals surface area (Å²) in [6.45, 7) is 0. The Hall–Kier alpha value is -2.47. The predicted octanol–water partition coefficient (Wildman–Crippen LogP) is 3.07. The molecule has 0 fully saturated rings. The number of imidazole rings is 1. The number of halogens is 1. The van der Waals surface area contributed by atoms with Crippen LogP contribution in [0.2, 0.25) is 0 Å². The van der Waals surface area contributed by atoms with Crippen molar-refractivity contribution in [1.29, 1.82) is 0 Å². The first-order chi connectivity index (χ1) is 11.1. The fourth-order valence-electron chi connectivity index (χ4n) is 2.42. The fraction of sp³-hybridized carbons (Fsp3) is 0.176. The maximum absolute atomic E-state index is 13.6. The normalized spacial score (nSPS) is 12.1. The number of nitrogens with one attached hydrogen (secondary N) is 1. The molecule has 4 nitrogen and oxygen atoms in total. The first-order valence-electron chi connectivity index (χ1n) is 7.18. The van der Waals surface area contributed by atoms with Crippen molar-refractivity contribution in [3.8, 4) is 0 Å². The van der Waals surface area contributed by atoms with E-state index in [9.17, 15) is 9.18 Å². The highest BCUT2D eigenvalue weighted by atomic mass is 32.1. The second-order valence-electron chi connectivity index (χ2n) is 5.21. The van der Waals surface area contributed by atoms with E-state index in [1.807, 2.05) is 29.1 Å². The molecular formula is C17H16FN3OS. The van der Waals surface area contributed by atoms with Crippen LogP contribution in [0.25, 0.3) is 0 Å². The van der Waals surface area contributed by atoms with Crippen LogP contribution in [0.3, 0.4) is 0 Å². The summed E-state index contributed by atoms with van der Waals surface area (Å²) in [5, 5.41) is 4.90. The molecule has 2 aromatic heterocycles. The highest BCUT2D eigenvalue weighted by Crippen LogP contribution is 2.21. The van der Waals surface area contributed by atoms with Gasteiger partial charge in [-0.05, 0) is 29.1 Å². The number of hydrogen-bond acceptors (Lipinski definition) is 3. The van der Waals surface area contributed by atoms with Gasteiger partial charge < -0.3 is 9.88 Å². The standard InChI is InChI=1S/C17H16FN3OS/c1-21-8-7-19-17(21)16(12-4-2-5-13(18)10-12)20-15(22)11-14-6-3-9-23-14/h2-10,16H,11H2,1H3,(H,20,22). The number of amides is 1. The van der Waals surface area contributed by atoms with Gasteiger partial charge in [0.2, 0.25) is 5.91 Å². The minimum atomic E-state index is -0.488. The van der Waals surface area contributed by atoms with Crippen LogP contribution in [-0.4, -0.2) is 15.5 Å². The maximum Gasteiger partial charge on any atom is 0.226 e. The monoisotopic (exact) mass is 329 g/mol. The average molecular weight is 329 g/mol. The van der Waals surface area contributed by atoms with Gasteiger partial charge in [0, 0.05) is 24.3 Å². The van der Waals surface area contributed by atoms with Gasteiger partial charge in [-0.1, -0.05) is 18.2 Å². The third-order valence-electron chi connectivity index (χ3n) is 3.52. The molecule has 2 heterocycles. The zero-order chi connectivity index (χ0) is 16.2. The Labute approximate surface area is 137 Å². The highest BCUT2D eigenvalue weighted by Gasteiger charge is 2.21. The van der Waals surface area contributed by atoms with E-state index in [4.69, 9.17) is 0 Å². The molecule has 3 rings (SSSR count). The molecule has 1 amide bonds. The summed E-state index contributed by atoms with van der Waals surface area (Å²) in [5.74, 6) is 0.203. The molecule has 1 N–H and O–H groups in total. The van der Waals surface area contributed by atoms with Crippen LogP contribution < -0.4 is 5.32 Å². The first-order valence-corrected chi connectivity index (χ1v) is 8.06. The summed E-state index contributed by atoms with van der Waals surface area (Å²) in [6.07, 6.45) is 3.76. The lowest BCUT2D eigenvalue weighted by Crippen LogP contribution is -2.32. The van der Waals surface area contributed by atoms with Crippen molar-refractivity contribution in [2.45, 2.75) is 12.5 Å². The van der Waals surface area contributed by atoms with E-state index in [0.717, 1.165) is 4.88 Å². The molecule has 118 valence electrons. The van der Waals surface area contributed by atoms with Gasteiger partial charge in [0.05, 0.1) is 6.42 Å². The molecule has 0 radical (unpaired) electrons. The Morgan fingerprint density at radius 1 is 1.39 bits per heavy atom. The van der Waals surface area contributed by atoms with E-state index in [1.165, 1.54) is 23.5 Å². The third kappa shape index (κ3) is 3.65. The molecule has 0 saturated carbocycles. The van der Waals surface area contributed by atoms with Gasteiger partial charge in [-0.25, -0.2) is 9.37 Å². The van der Waals surface area contributed by atoms with Gasteiger partial charge in [0.15, 0.2) is 0 Å². The molecular weight excluding hydrogens is 313 g/mol. The van der Waals surface area contributed by atoms with Gasteiger partial charge in [-0.3, -0.25) is 4.79 Å². The molecule has 0 spiro atoms. The van der Waals surface area contributed by atoms with Crippen molar-refractivity contribution >= 4 is 17.2 Å². The number of aromatic nitrogens is 2. The largest absolute Gasteiger partial charge is 0.342 e. The van der Waals surface area contributed by atoms with Crippen LogP contribution >= 0.6 is 11.3 Å². The van der Waals surface area contributed by atoms with E-state index in [-0.39, 0.29) is 11.7 Å². The van der Waals surface area contributed by atoms with Crippen molar-refractivity contribution in [3.63, 3.8) is 0 Å². The van der Waals surface area contributed by atoms with Crippen molar-refractivity contribution < 1.29 is 9.18 Å². The minimum absolute atomic E-state index is 0.121. The Bertz CT molecular complexity index is 798. The van der Waals surface area contributed by atoms with Crippen LogP contribution in [0.1, 0.15) is 22.3 Å². The van der Waals surface area contributed by atoms with E-state index >= 15 is 0 Å². The SMILES string of the molecule is Cn1ccnc1C(NC(=O)Cc1cccs1)c1cccc(F)c1. The topological polar surface area (TPSA) is 46.9 Å². The van der Waals surface area contributed by atoms with Crippen LogP contribution in [-0.2, 0) is 18.3 Å². The lowest BCUT2D eigenvalue weighted by Gasteiger charge is -2.19. The summed E-state index contributed by atoms with van der Waals surface area (Å²) in [6, 6.07) is 9.56. The Morgan fingerprint density at radius 3 is 2.91 bits per heavy atom. The van der Waals surface area contributed by atoms with Crippen LogP contribution in [0.15, 0.2) is 54.2 Å². The van der Waals surface area contributed by atoms with E-state index < -0.39 is 6.04 Å². The molecule has 1 unspecified atom stereocenters. The Morgan fingerprint density at radius 2 is 2.26 bits per heavy atom. The summed E-state index contributed by atoms with van der Waals surface area (Å²) in [5.41, 5.74) is 0.666. The van der Waals surface area contributed by atoms with Gasteiger partial charge in [0.1, 0.15) is 17.7 Å². The highest BCUT2D eigenvalue weighted by molar-refractivity contribution is 7.10. The van der Waals surface area contributed by atoms with Crippen molar-refractivity contribution in [2.75, 3.05) is 0 Å². The molecule has 1 atom stereocenters. The van der Waals surface area contributed by atoms with Crippen molar-refractivity contribution in [2.24, 2.45) is 7.05 Å². The molecule has 0 saturated heterocycles. The molecule has 0 aliphatic rings. The van der Waals surface area contributed by atoms with Gasteiger partial charge >= 0.3 is 0 Å². The predicted molar refractivity (Wildman–Crippen MR) is 87.6 cm³/mol. The van der Waals surface area contributed by atoms with Crippen LogP contribution in [0.5, 0.6) is 0 Å². The Balaban J connectivity index is 1.86. The van der Waals surface area contributed by atoms with E-state index in [1.54, 1.807) is 24.5 Å². The average Bonchev–Trinajstić information content (AvgIpc) is 3.16. The van der Waals surface area contributed by atoms with E-state index in [0.29, 0.717) is 17.8 Å². The number of carbonyl (C=O) groups excluding carboxylic acids is 1. The third-order valence-corrected chi connectivity index (χ3v) is 4.40. The molecule has 0 aliphatic heterocycles. The number of carbonyl (C=O) groups is 1. The maximum atomic E-state index is 13.6. The first kappa shape index (κ1) is 15.4. The molecule has 1 aromatic carbocycles. The molecule has 0 bridgehead atoms. The number of thiophene rings is 1. The number of nitrogens with zero attached hydrogens (tertiary/aromatic N) is 2. The summed E-state index contributed by atoms with van der Waals surface area (Å²) in [4.78, 5) is 17.6. The molecule has 23 heavy (non-hydrogen) atoms. The summed E-state index contributed by atoms with van der Waals surface area (Å²) < 4.78 is 15.4. The van der Waals surface area contributed by atoms with Crippen LogP contribution in [0.4, 0.5) is 4.39 Å². The molecule has 0 aliphatic carbocycles. The molecule has 6 heteroatoms. The summed E-state index contributed by atoms with van der Waals surface area (Å²) in [7, 11) is 1.85. The number of hydrogen-bond donors (Lipinski definition) is 1. The van der Waals surface area contributed by atoms with Crippen LogP contribution in [0, 0.1) is 5.82 Å². The lowest BCUT2D eigenvalue weighted by atomic mass is 10.1. The minimum Gasteiger partial charge on any atom is -0.342 e. The fourth-order valence-corrected chi connectivity index (χ4v) is 3.13. The van der Waals surface area contributed by atoms with E-state index in [2.05, 4.69) is 10.3 Å². The second kappa shape index (κ2) is 6.75. The van der Waals surface area contributed by atoms with Gasteiger partial charge in [0.25, 0.3) is 0 Å². The van der Waals surface area contributed by atoms with Crippen molar-refractivity contribution in [3.05, 3.63) is 76.3 Å². The molecule has 3 aromatic rings. The smallest absolute Gasteiger partial charge is 0.226 e.